The number of aromatic amines is 1. The van der Waals surface area contributed by atoms with Gasteiger partial charge in [-0.1, -0.05) is 42.5 Å². The Kier molecular flexibility index (Phi) is 9.42. The van der Waals surface area contributed by atoms with Crippen LogP contribution in [0.4, 0.5) is 5.69 Å². The summed E-state index contributed by atoms with van der Waals surface area (Å²) in [7, 11) is 0. The number of carbonyl (C=O) groups is 3. The number of nitrogens with zero attached hydrogens (tertiary/aromatic N) is 3. The molecule has 214 valence electrons. The van der Waals surface area contributed by atoms with Gasteiger partial charge in [0.1, 0.15) is 23.2 Å². The average molecular weight is 588 g/mol. The van der Waals surface area contributed by atoms with Gasteiger partial charge in [0.05, 0.1) is 22.9 Å². The lowest BCUT2D eigenvalue weighted by Crippen LogP contribution is -2.26. The van der Waals surface area contributed by atoms with Crippen molar-refractivity contribution in [1.82, 2.24) is 25.3 Å². The summed E-state index contributed by atoms with van der Waals surface area (Å²) in [5.41, 5.74) is 9.75. The summed E-state index contributed by atoms with van der Waals surface area (Å²) < 4.78 is 5.29. The van der Waals surface area contributed by atoms with E-state index in [9.17, 15) is 14.4 Å². The van der Waals surface area contributed by atoms with Gasteiger partial charge in [-0.25, -0.2) is 14.8 Å². The summed E-state index contributed by atoms with van der Waals surface area (Å²) in [6.45, 7) is 0.154. The van der Waals surface area contributed by atoms with Crippen LogP contribution in [0, 0.1) is 0 Å². The molecule has 13 heteroatoms. The van der Waals surface area contributed by atoms with E-state index in [-0.39, 0.29) is 59.8 Å². The molecule has 0 radical (unpaired) electrons. The van der Waals surface area contributed by atoms with Crippen LogP contribution in [0.1, 0.15) is 43.7 Å². The molecule has 6 N–H and O–H groups in total. The first-order chi connectivity index (χ1) is 19.9. The third-order valence-electron chi connectivity index (χ3n) is 6.20. The van der Waals surface area contributed by atoms with Gasteiger partial charge in [0.15, 0.2) is 12.3 Å². The minimum Gasteiger partial charge on any atom is -0.482 e. The van der Waals surface area contributed by atoms with Crippen molar-refractivity contribution in [2.75, 3.05) is 11.9 Å². The molecule has 2 amide bonds. The van der Waals surface area contributed by atoms with Crippen LogP contribution in [0.15, 0.2) is 85.5 Å². The van der Waals surface area contributed by atoms with Gasteiger partial charge in [-0.05, 0) is 35.4 Å². The number of aromatic carboxylic acids is 1. The number of nitrogens with two attached hydrogens (primary N) is 1. The van der Waals surface area contributed by atoms with Crippen molar-refractivity contribution >= 4 is 46.9 Å². The van der Waals surface area contributed by atoms with Gasteiger partial charge >= 0.3 is 5.97 Å². The molecule has 1 aliphatic heterocycles. The van der Waals surface area contributed by atoms with Crippen LogP contribution in [0.3, 0.4) is 0 Å². The fraction of sp³-hybridized carbons (Fsp3) is 0.103. The van der Waals surface area contributed by atoms with Gasteiger partial charge in [-0.2, -0.15) is 0 Å². The van der Waals surface area contributed by atoms with Crippen molar-refractivity contribution < 1.29 is 24.2 Å². The third-order valence-corrected chi connectivity index (χ3v) is 6.20. The number of hydrogen-bond donors (Lipinski definition) is 5. The van der Waals surface area contributed by atoms with E-state index in [1.807, 2.05) is 48.5 Å². The Balaban J connectivity index is 0.000000228. The minimum atomic E-state index is -1.15. The molecule has 3 aromatic heterocycles. The van der Waals surface area contributed by atoms with Crippen LogP contribution >= 0.6 is 12.4 Å². The highest BCUT2D eigenvalue weighted by atomic mass is 35.5. The molecule has 0 saturated heterocycles. The van der Waals surface area contributed by atoms with Gasteiger partial charge in [0.2, 0.25) is 0 Å². The van der Waals surface area contributed by atoms with Gasteiger partial charge in [-0.15, -0.1) is 12.4 Å². The number of carbonyl (C=O) groups excluding carboxylic acids is 2. The van der Waals surface area contributed by atoms with E-state index in [1.54, 1.807) is 24.4 Å². The van der Waals surface area contributed by atoms with Gasteiger partial charge < -0.3 is 31.2 Å². The SMILES string of the molecule is Cl.NC(c1ccccc1)c1ccccn1.O=C1COc2ccc(CNC(=O)c3ncnc4c(C(=O)O)c[nH]c34)cc2N1. The lowest BCUT2D eigenvalue weighted by Gasteiger charge is -2.18. The standard InChI is InChI=1S/C17H13N5O5.C12H12N2.ClH/c23-12-6-27-11-2-1-8(3-10(11)22-12)4-19-16(24)15-14-13(20-7-21-15)9(5-18-14)17(25)26;13-12(10-6-2-1-3-7-10)11-8-4-5-9-14-11;/h1-3,5,7,18H,4,6H2,(H,19,24)(H,22,23)(H,25,26);1-9,12H,13H2;1H. The number of rotatable bonds is 6. The molecule has 42 heavy (non-hydrogen) atoms. The van der Waals surface area contributed by atoms with Crippen LogP contribution in [0.25, 0.3) is 11.0 Å². The average Bonchev–Trinajstić information content (AvgIpc) is 3.45. The molecule has 0 spiro atoms. The lowest BCUT2D eigenvalue weighted by molar-refractivity contribution is -0.118. The molecule has 4 heterocycles. The molecule has 0 saturated carbocycles. The van der Waals surface area contributed by atoms with Gasteiger partial charge in [-0.3, -0.25) is 14.6 Å². The Hall–Kier alpha value is -5.33. The van der Waals surface area contributed by atoms with E-state index in [4.69, 9.17) is 15.6 Å². The third kappa shape index (κ3) is 6.69. The van der Waals surface area contributed by atoms with Crippen molar-refractivity contribution in [3.8, 4) is 5.75 Å². The zero-order chi connectivity index (χ0) is 28.8. The number of ether oxygens (including phenoxy) is 1. The summed E-state index contributed by atoms with van der Waals surface area (Å²) in [4.78, 5) is 49.9. The first-order valence-corrected chi connectivity index (χ1v) is 12.5. The second-order valence-corrected chi connectivity index (χ2v) is 8.95. The number of H-pyrrole nitrogens is 1. The second-order valence-electron chi connectivity index (χ2n) is 8.95. The number of fused-ring (bicyclic) bond motifs is 2. The summed E-state index contributed by atoms with van der Waals surface area (Å²) in [5, 5.41) is 14.6. The monoisotopic (exact) mass is 587 g/mol. The van der Waals surface area contributed by atoms with E-state index in [0.717, 1.165) is 23.1 Å². The van der Waals surface area contributed by atoms with E-state index >= 15 is 0 Å². The van der Waals surface area contributed by atoms with Crippen LogP contribution in [0.2, 0.25) is 0 Å². The van der Waals surface area contributed by atoms with Crippen molar-refractivity contribution in [1.29, 1.82) is 0 Å². The molecule has 1 aliphatic rings. The first kappa shape index (κ1) is 29.6. The van der Waals surface area contributed by atoms with E-state index in [0.29, 0.717) is 11.4 Å². The Morgan fingerprint density at radius 2 is 1.83 bits per heavy atom. The summed E-state index contributed by atoms with van der Waals surface area (Å²) >= 11 is 0. The maximum atomic E-state index is 12.5. The number of carboxylic acids is 1. The fourth-order valence-electron chi connectivity index (χ4n) is 4.17. The number of nitrogens with one attached hydrogen (secondary N) is 3. The highest BCUT2D eigenvalue weighted by Gasteiger charge is 2.20. The minimum absolute atomic E-state index is 0. The molecule has 6 rings (SSSR count). The molecule has 5 aromatic rings. The van der Waals surface area contributed by atoms with Crippen LogP contribution in [-0.4, -0.2) is 49.4 Å². The quantitative estimate of drug-likeness (QED) is 0.198. The highest BCUT2D eigenvalue weighted by Crippen LogP contribution is 2.28. The molecule has 0 aliphatic carbocycles. The largest absolute Gasteiger partial charge is 0.482 e. The maximum absolute atomic E-state index is 12.5. The predicted octanol–water partition coefficient (Wildman–Crippen LogP) is 3.47. The van der Waals surface area contributed by atoms with Crippen molar-refractivity contribution in [3.63, 3.8) is 0 Å². The molecular formula is C29H26ClN7O5. The predicted molar refractivity (Wildman–Crippen MR) is 157 cm³/mol. The number of aromatic nitrogens is 4. The first-order valence-electron chi connectivity index (χ1n) is 12.5. The lowest BCUT2D eigenvalue weighted by atomic mass is 10.0. The Bertz CT molecular complexity index is 1670. The number of amides is 2. The van der Waals surface area contributed by atoms with Crippen molar-refractivity contribution in [3.05, 3.63) is 114 Å². The summed E-state index contributed by atoms with van der Waals surface area (Å²) in [6.07, 6.45) is 4.17. The number of anilines is 1. The van der Waals surface area contributed by atoms with Crippen LogP contribution in [-0.2, 0) is 11.3 Å². The number of benzene rings is 2. The highest BCUT2D eigenvalue weighted by molar-refractivity contribution is 6.08. The van der Waals surface area contributed by atoms with Gasteiger partial charge in [0, 0.05) is 18.9 Å². The van der Waals surface area contributed by atoms with Crippen molar-refractivity contribution in [2.45, 2.75) is 12.6 Å². The summed E-state index contributed by atoms with van der Waals surface area (Å²) in [5.74, 6) is -1.31. The topological polar surface area (TPSA) is 185 Å². The number of hydrogen-bond acceptors (Lipinski definition) is 8. The Labute approximate surface area is 245 Å². The van der Waals surface area contributed by atoms with E-state index < -0.39 is 11.9 Å². The van der Waals surface area contributed by atoms with Crippen LogP contribution in [0.5, 0.6) is 5.75 Å². The number of halogens is 1. The molecule has 1 unspecified atom stereocenters. The maximum Gasteiger partial charge on any atom is 0.339 e. The second kappa shape index (κ2) is 13.4. The molecule has 2 aromatic carbocycles. The fourth-order valence-corrected chi connectivity index (χ4v) is 4.17. The molecule has 0 bridgehead atoms. The van der Waals surface area contributed by atoms with Gasteiger partial charge in [0.25, 0.3) is 11.8 Å². The van der Waals surface area contributed by atoms with Crippen molar-refractivity contribution in [2.24, 2.45) is 5.73 Å². The zero-order valence-corrected chi connectivity index (χ0v) is 22.8. The molecule has 1 atom stereocenters. The number of carboxylic acid groups (broad SMARTS) is 1. The van der Waals surface area contributed by atoms with E-state index in [2.05, 4.69) is 30.6 Å². The Morgan fingerprint density at radius 3 is 2.57 bits per heavy atom. The number of pyridine rings is 1. The molecule has 12 nitrogen and oxygen atoms in total. The molecule has 0 fully saturated rings. The van der Waals surface area contributed by atoms with Crippen LogP contribution < -0.4 is 21.1 Å². The normalized spacial score (nSPS) is 12.4. The van der Waals surface area contributed by atoms with E-state index in [1.165, 1.54) is 6.20 Å². The smallest absolute Gasteiger partial charge is 0.339 e. The molecular weight excluding hydrogens is 562 g/mol. The summed E-state index contributed by atoms with van der Waals surface area (Å²) in [6, 6.07) is 20.8. The zero-order valence-electron chi connectivity index (χ0n) is 22.0. The Morgan fingerprint density at radius 1 is 1.05 bits per heavy atom.